The minimum Gasteiger partial charge on any atom is -0.476 e. The molecule has 0 spiro atoms. The standard InChI is InChI=1S/C17H10Br2Cl2N2O2/c18-8-12-15(17(24)25)22-23(14-6-5-11(20)7-13(14)21)16(12)9-1-3-10(19)4-2-9/h1-7H,8H2,(H,24,25). The Morgan fingerprint density at radius 3 is 2.40 bits per heavy atom. The van der Waals surface area contributed by atoms with E-state index in [9.17, 15) is 9.90 Å². The zero-order valence-corrected chi connectivity index (χ0v) is 17.2. The number of carboxylic acids is 1. The molecule has 0 bridgehead atoms. The fourth-order valence-electron chi connectivity index (χ4n) is 2.48. The molecule has 0 aliphatic rings. The smallest absolute Gasteiger partial charge is 0.356 e. The number of halogens is 4. The summed E-state index contributed by atoms with van der Waals surface area (Å²) >= 11 is 19.1. The Hall–Kier alpha value is -1.34. The SMILES string of the molecule is O=C(O)c1nn(-c2ccc(Cl)cc2Cl)c(-c2ccc(Br)cc2)c1CBr. The molecular weight excluding hydrogens is 495 g/mol. The first kappa shape index (κ1) is 18.5. The van der Waals surface area contributed by atoms with Crippen molar-refractivity contribution in [3.63, 3.8) is 0 Å². The summed E-state index contributed by atoms with van der Waals surface area (Å²) in [5.74, 6) is -1.10. The van der Waals surface area contributed by atoms with E-state index < -0.39 is 5.97 Å². The summed E-state index contributed by atoms with van der Waals surface area (Å²) in [7, 11) is 0. The van der Waals surface area contributed by atoms with Crippen LogP contribution in [0.15, 0.2) is 46.9 Å². The lowest BCUT2D eigenvalue weighted by molar-refractivity contribution is 0.0689. The summed E-state index contributed by atoms with van der Waals surface area (Å²) in [6.45, 7) is 0. The van der Waals surface area contributed by atoms with Gasteiger partial charge < -0.3 is 5.11 Å². The minimum atomic E-state index is -1.10. The normalized spacial score (nSPS) is 10.9. The summed E-state index contributed by atoms with van der Waals surface area (Å²) in [5.41, 5.74) is 2.58. The first-order valence-electron chi connectivity index (χ1n) is 7.05. The summed E-state index contributed by atoms with van der Waals surface area (Å²) < 4.78 is 2.47. The van der Waals surface area contributed by atoms with Gasteiger partial charge in [0.15, 0.2) is 5.69 Å². The Kier molecular flexibility index (Phi) is 5.53. The number of benzene rings is 2. The highest BCUT2D eigenvalue weighted by molar-refractivity contribution is 9.10. The Labute approximate surface area is 170 Å². The predicted molar refractivity (Wildman–Crippen MR) is 106 cm³/mol. The molecule has 0 saturated heterocycles. The third-order valence-electron chi connectivity index (χ3n) is 3.58. The lowest BCUT2D eigenvalue weighted by Crippen LogP contribution is -2.03. The highest BCUT2D eigenvalue weighted by Gasteiger charge is 2.24. The first-order chi connectivity index (χ1) is 11.9. The van der Waals surface area contributed by atoms with Gasteiger partial charge in [0.2, 0.25) is 0 Å². The van der Waals surface area contributed by atoms with Gasteiger partial charge in [-0.15, -0.1) is 0 Å². The molecule has 0 radical (unpaired) electrons. The van der Waals surface area contributed by atoms with Gasteiger partial charge in [0.25, 0.3) is 0 Å². The van der Waals surface area contributed by atoms with Crippen molar-refractivity contribution in [1.29, 1.82) is 0 Å². The van der Waals surface area contributed by atoms with E-state index in [1.165, 1.54) is 0 Å². The maximum Gasteiger partial charge on any atom is 0.356 e. The van der Waals surface area contributed by atoms with Gasteiger partial charge in [0, 0.05) is 26.0 Å². The summed E-state index contributed by atoms with van der Waals surface area (Å²) in [4.78, 5) is 11.6. The van der Waals surface area contributed by atoms with Crippen molar-refractivity contribution in [3.8, 4) is 16.9 Å². The molecule has 8 heteroatoms. The summed E-state index contributed by atoms with van der Waals surface area (Å²) in [6.07, 6.45) is 0. The molecule has 2 aromatic carbocycles. The number of hydrogen-bond donors (Lipinski definition) is 1. The van der Waals surface area contributed by atoms with Crippen molar-refractivity contribution in [2.24, 2.45) is 0 Å². The number of aromatic nitrogens is 2. The van der Waals surface area contributed by atoms with Crippen LogP contribution in [0.1, 0.15) is 16.1 Å². The topological polar surface area (TPSA) is 55.1 Å². The van der Waals surface area contributed by atoms with Gasteiger partial charge in [-0.05, 0) is 30.3 Å². The molecule has 3 rings (SSSR count). The van der Waals surface area contributed by atoms with Crippen molar-refractivity contribution in [3.05, 3.63) is 68.2 Å². The zero-order valence-electron chi connectivity index (χ0n) is 12.5. The second-order valence-corrected chi connectivity index (χ2v) is 7.45. The van der Waals surface area contributed by atoms with Crippen LogP contribution in [0.3, 0.4) is 0 Å². The van der Waals surface area contributed by atoms with E-state index in [0.29, 0.717) is 32.3 Å². The molecule has 1 N–H and O–H groups in total. The van der Waals surface area contributed by atoms with E-state index in [1.807, 2.05) is 24.3 Å². The molecule has 0 amide bonds. The fourth-order valence-corrected chi connectivity index (χ4v) is 3.76. The van der Waals surface area contributed by atoms with E-state index >= 15 is 0 Å². The van der Waals surface area contributed by atoms with Gasteiger partial charge in [0.05, 0.1) is 16.4 Å². The lowest BCUT2D eigenvalue weighted by atomic mass is 10.1. The monoisotopic (exact) mass is 502 g/mol. The van der Waals surface area contributed by atoms with Crippen LogP contribution in [0.5, 0.6) is 0 Å². The van der Waals surface area contributed by atoms with Crippen LogP contribution in [-0.4, -0.2) is 20.9 Å². The van der Waals surface area contributed by atoms with Crippen LogP contribution in [-0.2, 0) is 5.33 Å². The van der Waals surface area contributed by atoms with E-state index in [4.69, 9.17) is 23.2 Å². The molecule has 0 saturated carbocycles. The van der Waals surface area contributed by atoms with Crippen LogP contribution >= 0.6 is 55.1 Å². The van der Waals surface area contributed by atoms with Crippen molar-refractivity contribution < 1.29 is 9.90 Å². The van der Waals surface area contributed by atoms with E-state index in [0.717, 1.165) is 10.0 Å². The molecule has 0 fully saturated rings. The largest absolute Gasteiger partial charge is 0.476 e. The third-order valence-corrected chi connectivity index (χ3v) is 5.20. The third kappa shape index (κ3) is 3.62. The second-order valence-electron chi connectivity index (χ2n) is 5.13. The van der Waals surface area contributed by atoms with E-state index in [1.54, 1.807) is 22.9 Å². The van der Waals surface area contributed by atoms with Crippen molar-refractivity contribution in [1.82, 2.24) is 9.78 Å². The Morgan fingerprint density at radius 1 is 1.16 bits per heavy atom. The highest BCUT2D eigenvalue weighted by Crippen LogP contribution is 2.34. The van der Waals surface area contributed by atoms with E-state index in [2.05, 4.69) is 37.0 Å². The number of carbonyl (C=O) groups is 1. The number of carboxylic acid groups (broad SMARTS) is 1. The molecule has 1 heterocycles. The number of hydrogen-bond acceptors (Lipinski definition) is 2. The first-order valence-corrected chi connectivity index (χ1v) is 9.72. The number of alkyl halides is 1. The highest BCUT2D eigenvalue weighted by atomic mass is 79.9. The molecule has 3 aromatic rings. The molecule has 4 nitrogen and oxygen atoms in total. The zero-order chi connectivity index (χ0) is 18.1. The minimum absolute atomic E-state index is 0.0270. The van der Waals surface area contributed by atoms with Crippen LogP contribution in [0.4, 0.5) is 0 Å². The van der Waals surface area contributed by atoms with Crippen molar-refractivity contribution in [2.75, 3.05) is 0 Å². The van der Waals surface area contributed by atoms with Gasteiger partial charge in [-0.25, -0.2) is 9.48 Å². The predicted octanol–water partition coefficient (Wildman–Crippen LogP) is 6.20. The van der Waals surface area contributed by atoms with Crippen LogP contribution in [0.2, 0.25) is 10.0 Å². The molecule has 25 heavy (non-hydrogen) atoms. The number of aromatic carboxylic acids is 1. The Balaban J connectivity index is 2.34. The average Bonchev–Trinajstić information content (AvgIpc) is 2.95. The Morgan fingerprint density at radius 2 is 1.84 bits per heavy atom. The molecule has 0 atom stereocenters. The quantitative estimate of drug-likeness (QED) is 0.430. The van der Waals surface area contributed by atoms with Crippen LogP contribution < -0.4 is 0 Å². The molecule has 0 unspecified atom stereocenters. The Bertz CT molecular complexity index is 956. The molecule has 0 aliphatic carbocycles. The van der Waals surface area contributed by atoms with Crippen LogP contribution in [0.25, 0.3) is 16.9 Å². The molecule has 128 valence electrons. The molecule has 0 aliphatic heterocycles. The summed E-state index contributed by atoms with van der Waals surface area (Å²) in [5, 5.41) is 15.0. The van der Waals surface area contributed by atoms with Gasteiger partial charge in [0.1, 0.15) is 0 Å². The molecular formula is C17H10Br2Cl2N2O2. The van der Waals surface area contributed by atoms with Crippen LogP contribution in [0, 0.1) is 0 Å². The van der Waals surface area contributed by atoms with Gasteiger partial charge >= 0.3 is 5.97 Å². The average molecular weight is 505 g/mol. The maximum absolute atomic E-state index is 11.6. The molecule has 1 aromatic heterocycles. The van der Waals surface area contributed by atoms with Gasteiger partial charge in [-0.1, -0.05) is 67.2 Å². The van der Waals surface area contributed by atoms with Crippen molar-refractivity contribution in [2.45, 2.75) is 5.33 Å². The van der Waals surface area contributed by atoms with Gasteiger partial charge in [-0.3, -0.25) is 0 Å². The lowest BCUT2D eigenvalue weighted by Gasteiger charge is -2.11. The maximum atomic E-state index is 11.6. The second kappa shape index (κ2) is 7.50. The van der Waals surface area contributed by atoms with E-state index in [-0.39, 0.29) is 5.69 Å². The summed E-state index contributed by atoms with van der Waals surface area (Å²) in [6, 6.07) is 12.5. The van der Waals surface area contributed by atoms with Crippen molar-refractivity contribution >= 4 is 61.0 Å². The number of nitrogens with zero attached hydrogens (tertiary/aromatic N) is 2. The number of rotatable bonds is 4. The fraction of sp³-hybridized carbons (Fsp3) is 0.0588. The van der Waals surface area contributed by atoms with Gasteiger partial charge in [-0.2, -0.15) is 5.10 Å².